The Hall–Kier alpha value is -2.12. The molecule has 0 bridgehead atoms. The number of carboxylic acids is 1. The molecule has 0 unspecified atom stereocenters. The molecule has 1 heterocycles. The number of carbonyl (C=O) groups is 4. The van der Waals surface area contributed by atoms with Crippen molar-refractivity contribution in [3.63, 3.8) is 0 Å². The molecule has 1 saturated heterocycles. The van der Waals surface area contributed by atoms with Crippen molar-refractivity contribution < 1.29 is 24.3 Å². The normalized spacial score (nSPS) is 18.1. The van der Waals surface area contributed by atoms with Crippen molar-refractivity contribution in [3.05, 3.63) is 0 Å². The van der Waals surface area contributed by atoms with E-state index in [9.17, 15) is 19.2 Å². The second-order valence-corrected chi connectivity index (χ2v) is 4.89. The van der Waals surface area contributed by atoms with Crippen LogP contribution >= 0.6 is 0 Å². The van der Waals surface area contributed by atoms with Crippen molar-refractivity contribution in [2.45, 2.75) is 26.3 Å². The molecule has 0 aromatic carbocycles. The zero-order chi connectivity index (χ0) is 15.4. The molecule has 8 nitrogen and oxygen atoms in total. The maximum absolute atomic E-state index is 11.8. The topological polar surface area (TPSA) is 107 Å². The monoisotopic (exact) mass is 285 g/mol. The molecule has 0 spiro atoms. The van der Waals surface area contributed by atoms with Crippen LogP contribution in [0.1, 0.15) is 20.3 Å². The summed E-state index contributed by atoms with van der Waals surface area (Å²) in [6, 6.07) is -1.58. The standard InChI is InChI=1S/C12H19N3O5/c1-4-7(2)10(11(18)19)13-8(16)5-15-9(17)6-14(3)12(15)20/h7,10H,4-6H2,1-3H3,(H,13,16)(H,18,19)/t7-,10-/m0/s1. The predicted molar refractivity (Wildman–Crippen MR) is 68.8 cm³/mol. The third kappa shape index (κ3) is 3.46. The Kier molecular flexibility index (Phi) is 5.06. The van der Waals surface area contributed by atoms with Gasteiger partial charge in [0.05, 0.1) is 0 Å². The number of nitrogens with zero attached hydrogens (tertiary/aromatic N) is 2. The molecule has 8 heteroatoms. The fourth-order valence-electron chi connectivity index (χ4n) is 1.87. The first kappa shape index (κ1) is 15.9. The first-order valence-electron chi connectivity index (χ1n) is 6.35. The van der Waals surface area contributed by atoms with Crippen LogP contribution in [0.2, 0.25) is 0 Å². The van der Waals surface area contributed by atoms with E-state index in [4.69, 9.17) is 5.11 Å². The minimum atomic E-state index is -1.14. The summed E-state index contributed by atoms with van der Waals surface area (Å²) in [5.74, 6) is -2.51. The average Bonchev–Trinajstić information content (AvgIpc) is 2.61. The highest BCUT2D eigenvalue weighted by atomic mass is 16.4. The highest BCUT2D eigenvalue weighted by molar-refractivity contribution is 6.04. The maximum atomic E-state index is 11.8. The van der Waals surface area contributed by atoms with E-state index in [1.54, 1.807) is 6.92 Å². The number of nitrogens with one attached hydrogen (secondary N) is 1. The lowest BCUT2D eigenvalue weighted by atomic mass is 9.99. The summed E-state index contributed by atoms with van der Waals surface area (Å²) in [4.78, 5) is 48.0. The molecule has 20 heavy (non-hydrogen) atoms. The molecular formula is C12H19N3O5. The summed E-state index contributed by atoms with van der Waals surface area (Å²) in [5.41, 5.74) is 0. The number of imide groups is 1. The highest BCUT2D eigenvalue weighted by Crippen LogP contribution is 2.10. The maximum Gasteiger partial charge on any atom is 0.327 e. The summed E-state index contributed by atoms with van der Waals surface area (Å²) >= 11 is 0. The van der Waals surface area contributed by atoms with Crippen LogP contribution in [0.25, 0.3) is 0 Å². The van der Waals surface area contributed by atoms with Gasteiger partial charge in [-0.05, 0) is 5.92 Å². The summed E-state index contributed by atoms with van der Waals surface area (Å²) in [5, 5.41) is 11.4. The van der Waals surface area contributed by atoms with Gasteiger partial charge < -0.3 is 15.3 Å². The van der Waals surface area contributed by atoms with E-state index in [2.05, 4.69) is 5.32 Å². The molecule has 1 aliphatic rings. The molecule has 2 N–H and O–H groups in total. The van der Waals surface area contributed by atoms with E-state index in [1.807, 2.05) is 6.92 Å². The van der Waals surface area contributed by atoms with Crippen molar-refractivity contribution in [1.82, 2.24) is 15.1 Å². The number of aliphatic carboxylic acids is 1. The Morgan fingerprint density at radius 1 is 1.40 bits per heavy atom. The molecule has 0 aromatic rings. The van der Waals surface area contributed by atoms with Crippen LogP contribution in [0.3, 0.4) is 0 Å². The number of likely N-dealkylation sites (N-methyl/N-ethyl adjacent to an activating group) is 1. The number of rotatable bonds is 6. The molecule has 0 aliphatic carbocycles. The molecule has 0 radical (unpaired) electrons. The van der Waals surface area contributed by atoms with Gasteiger partial charge in [-0.15, -0.1) is 0 Å². The van der Waals surface area contributed by atoms with E-state index in [-0.39, 0.29) is 12.5 Å². The highest BCUT2D eigenvalue weighted by Gasteiger charge is 2.35. The van der Waals surface area contributed by atoms with E-state index >= 15 is 0 Å². The molecule has 1 fully saturated rings. The second kappa shape index (κ2) is 6.36. The van der Waals surface area contributed by atoms with Crippen molar-refractivity contribution >= 4 is 23.8 Å². The lowest BCUT2D eigenvalue weighted by Crippen LogP contribution is -2.49. The zero-order valence-corrected chi connectivity index (χ0v) is 11.8. The molecule has 1 rings (SSSR count). The molecule has 0 aromatic heterocycles. The summed E-state index contributed by atoms with van der Waals surface area (Å²) < 4.78 is 0. The van der Waals surface area contributed by atoms with Gasteiger partial charge in [0.1, 0.15) is 19.1 Å². The molecular weight excluding hydrogens is 266 g/mol. The van der Waals surface area contributed by atoms with Crippen LogP contribution < -0.4 is 5.32 Å². The molecule has 112 valence electrons. The molecule has 0 saturated carbocycles. The van der Waals surface area contributed by atoms with Crippen molar-refractivity contribution in [2.24, 2.45) is 5.92 Å². The third-order valence-electron chi connectivity index (χ3n) is 3.33. The fourth-order valence-corrected chi connectivity index (χ4v) is 1.87. The Bertz CT molecular complexity index is 437. The van der Waals surface area contributed by atoms with Crippen LogP contribution in [0.5, 0.6) is 0 Å². The molecule has 2 atom stereocenters. The lowest BCUT2D eigenvalue weighted by molar-refractivity contribution is -0.143. The average molecular weight is 285 g/mol. The first-order valence-corrected chi connectivity index (χ1v) is 6.35. The quantitative estimate of drug-likeness (QED) is 0.639. The lowest BCUT2D eigenvalue weighted by Gasteiger charge is -2.21. The largest absolute Gasteiger partial charge is 0.480 e. The Balaban J connectivity index is 2.65. The number of hydrogen-bond acceptors (Lipinski definition) is 4. The summed E-state index contributed by atoms with van der Waals surface area (Å²) in [6.45, 7) is 3.00. The van der Waals surface area contributed by atoms with Gasteiger partial charge in [0.25, 0.3) is 5.91 Å². The number of amides is 4. The van der Waals surface area contributed by atoms with Crippen LogP contribution in [0, 0.1) is 5.92 Å². The number of hydrogen-bond donors (Lipinski definition) is 2. The van der Waals surface area contributed by atoms with Crippen LogP contribution in [0.4, 0.5) is 4.79 Å². The Morgan fingerprint density at radius 3 is 2.40 bits per heavy atom. The van der Waals surface area contributed by atoms with Gasteiger partial charge in [-0.3, -0.25) is 14.5 Å². The minimum Gasteiger partial charge on any atom is -0.480 e. The van der Waals surface area contributed by atoms with Gasteiger partial charge in [0.2, 0.25) is 5.91 Å². The number of urea groups is 1. The molecule has 4 amide bonds. The first-order chi connectivity index (χ1) is 9.27. The molecule has 1 aliphatic heterocycles. The van der Waals surface area contributed by atoms with E-state index < -0.39 is 36.4 Å². The van der Waals surface area contributed by atoms with Gasteiger partial charge in [-0.2, -0.15) is 0 Å². The van der Waals surface area contributed by atoms with E-state index in [0.29, 0.717) is 6.42 Å². The number of carboxylic acid groups (broad SMARTS) is 1. The zero-order valence-electron chi connectivity index (χ0n) is 11.8. The van der Waals surface area contributed by atoms with Gasteiger partial charge in [0.15, 0.2) is 0 Å². The SMILES string of the molecule is CC[C@H](C)[C@H](NC(=O)CN1C(=O)CN(C)C1=O)C(=O)O. The third-order valence-corrected chi connectivity index (χ3v) is 3.33. The summed E-state index contributed by atoms with van der Waals surface area (Å²) in [7, 11) is 1.46. The fraction of sp³-hybridized carbons (Fsp3) is 0.667. The smallest absolute Gasteiger partial charge is 0.327 e. The van der Waals surface area contributed by atoms with Crippen molar-refractivity contribution in [2.75, 3.05) is 20.1 Å². The van der Waals surface area contributed by atoms with E-state index in [0.717, 1.165) is 4.90 Å². The van der Waals surface area contributed by atoms with Crippen molar-refractivity contribution in [3.8, 4) is 0 Å². The minimum absolute atomic E-state index is 0.0696. The Labute approximate surface area is 116 Å². The number of carbonyl (C=O) groups excluding carboxylic acids is 3. The van der Waals surface area contributed by atoms with Gasteiger partial charge in [-0.1, -0.05) is 20.3 Å². The van der Waals surface area contributed by atoms with E-state index in [1.165, 1.54) is 11.9 Å². The van der Waals surface area contributed by atoms with Gasteiger partial charge in [-0.25, -0.2) is 9.59 Å². The predicted octanol–water partition coefficient (Wildman–Crippen LogP) is -0.504. The van der Waals surface area contributed by atoms with Crippen LogP contribution in [-0.2, 0) is 14.4 Å². The van der Waals surface area contributed by atoms with Gasteiger partial charge in [0, 0.05) is 7.05 Å². The van der Waals surface area contributed by atoms with Crippen LogP contribution in [-0.4, -0.2) is 64.9 Å². The summed E-state index contributed by atoms with van der Waals surface area (Å²) in [6.07, 6.45) is 0.585. The second-order valence-electron chi connectivity index (χ2n) is 4.89. The van der Waals surface area contributed by atoms with Crippen LogP contribution in [0.15, 0.2) is 0 Å². The van der Waals surface area contributed by atoms with Gasteiger partial charge >= 0.3 is 12.0 Å². The Morgan fingerprint density at radius 2 is 2.00 bits per heavy atom. The van der Waals surface area contributed by atoms with Crippen molar-refractivity contribution in [1.29, 1.82) is 0 Å².